The lowest BCUT2D eigenvalue weighted by atomic mass is 9.93. The number of nitrogens with one attached hydrogen (secondary N) is 1. The molecule has 2 aromatic rings. The molecule has 0 radical (unpaired) electrons. The molecule has 0 spiro atoms. The molecule has 4 rings (SSSR count). The number of para-hydroxylation sites is 1. The molecule has 2 atom stereocenters. The minimum Gasteiger partial charge on any atom is -0.493 e. The van der Waals surface area contributed by atoms with Crippen LogP contribution in [0.3, 0.4) is 0 Å². The van der Waals surface area contributed by atoms with Gasteiger partial charge in [0.1, 0.15) is 11.6 Å². The molecule has 3 heterocycles. The molecule has 1 aromatic heterocycles. The summed E-state index contributed by atoms with van der Waals surface area (Å²) in [5, 5.41) is 3.17. The van der Waals surface area contributed by atoms with E-state index in [0.29, 0.717) is 19.1 Å². The van der Waals surface area contributed by atoms with Crippen molar-refractivity contribution in [2.24, 2.45) is 0 Å². The summed E-state index contributed by atoms with van der Waals surface area (Å²) in [6.07, 6.45) is 6.85. The van der Waals surface area contributed by atoms with Crippen LogP contribution in [0.4, 0.5) is 4.79 Å². The topological polar surface area (TPSA) is 59.4 Å². The summed E-state index contributed by atoms with van der Waals surface area (Å²) in [7, 11) is 0. The van der Waals surface area contributed by atoms with E-state index >= 15 is 0 Å². The lowest BCUT2D eigenvalue weighted by molar-refractivity contribution is 0.185. The number of hydrogen-bond donors (Lipinski definition) is 1. The molecule has 0 saturated carbocycles. The van der Waals surface area contributed by atoms with Gasteiger partial charge in [0.15, 0.2) is 0 Å². The molecule has 0 bridgehead atoms. The van der Waals surface area contributed by atoms with Gasteiger partial charge in [-0.3, -0.25) is 0 Å². The Morgan fingerprint density at radius 1 is 1.35 bits per heavy atom. The maximum atomic E-state index is 12.8. The smallest absolute Gasteiger partial charge is 0.317 e. The second-order valence-corrected chi connectivity index (χ2v) is 7.17. The molecule has 2 amide bonds. The highest BCUT2D eigenvalue weighted by Gasteiger charge is 2.30. The van der Waals surface area contributed by atoms with E-state index in [1.165, 1.54) is 5.56 Å². The Kier molecular flexibility index (Phi) is 4.82. The second kappa shape index (κ2) is 7.40. The van der Waals surface area contributed by atoms with E-state index in [1.54, 1.807) is 0 Å². The zero-order valence-electron chi connectivity index (χ0n) is 15.2. The van der Waals surface area contributed by atoms with Crippen molar-refractivity contribution in [3.63, 3.8) is 0 Å². The van der Waals surface area contributed by atoms with Crippen molar-refractivity contribution in [2.45, 2.75) is 44.7 Å². The predicted molar refractivity (Wildman–Crippen MR) is 99.4 cm³/mol. The number of aromatic nitrogens is 2. The molecule has 0 aliphatic carbocycles. The second-order valence-electron chi connectivity index (χ2n) is 7.17. The standard InChI is InChI=1S/C20H26N4O2/c1-15-21-9-11-23(15)14-17-5-4-10-24(17)20(25)22-13-16-8-12-26-19-7-3-2-6-18(16)19/h2-3,6-7,9,11,16-17H,4-5,8,10,12-14H2,1H3,(H,22,25). The third-order valence-electron chi connectivity index (χ3n) is 5.55. The van der Waals surface area contributed by atoms with E-state index in [9.17, 15) is 4.79 Å². The van der Waals surface area contributed by atoms with Crippen LogP contribution in [-0.2, 0) is 6.54 Å². The summed E-state index contributed by atoms with van der Waals surface area (Å²) in [5.74, 6) is 2.27. The van der Waals surface area contributed by atoms with Gasteiger partial charge in [-0.2, -0.15) is 0 Å². The van der Waals surface area contributed by atoms with Gasteiger partial charge in [-0.05, 0) is 37.8 Å². The van der Waals surface area contributed by atoms with E-state index in [4.69, 9.17) is 4.74 Å². The monoisotopic (exact) mass is 354 g/mol. The Morgan fingerprint density at radius 3 is 3.08 bits per heavy atom. The Balaban J connectivity index is 1.37. The fourth-order valence-corrected chi connectivity index (χ4v) is 4.06. The molecule has 138 valence electrons. The third-order valence-corrected chi connectivity index (χ3v) is 5.55. The molecule has 2 aliphatic rings. The number of aryl methyl sites for hydroxylation is 1. The number of hydrogen-bond acceptors (Lipinski definition) is 3. The van der Waals surface area contributed by atoms with Crippen molar-refractivity contribution in [3.05, 3.63) is 48.0 Å². The predicted octanol–water partition coefficient (Wildman–Crippen LogP) is 2.93. The van der Waals surface area contributed by atoms with Crippen LogP contribution in [0.15, 0.2) is 36.7 Å². The fraction of sp³-hybridized carbons (Fsp3) is 0.500. The highest BCUT2D eigenvalue weighted by Crippen LogP contribution is 2.32. The van der Waals surface area contributed by atoms with Crippen LogP contribution in [0.25, 0.3) is 0 Å². The zero-order chi connectivity index (χ0) is 17.9. The Bertz CT molecular complexity index is 773. The molecule has 1 saturated heterocycles. The van der Waals surface area contributed by atoms with Crippen molar-refractivity contribution < 1.29 is 9.53 Å². The maximum absolute atomic E-state index is 12.8. The van der Waals surface area contributed by atoms with E-state index in [2.05, 4.69) is 20.9 Å². The van der Waals surface area contributed by atoms with Gasteiger partial charge in [-0.15, -0.1) is 0 Å². The first-order chi connectivity index (χ1) is 12.7. The molecule has 2 aliphatic heterocycles. The molecular weight excluding hydrogens is 328 g/mol. The number of urea groups is 1. The van der Waals surface area contributed by atoms with Crippen molar-refractivity contribution in [3.8, 4) is 5.75 Å². The van der Waals surface area contributed by atoms with Gasteiger partial charge < -0.3 is 19.5 Å². The number of rotatable bonds is 4. The number of carbonyl (C=O) groups is 1. The summed E-state index contributed by atoms with van der Waals surface area (Å²) in [5.41, 5.74) is 1.20. The van der Waals surface area contributed by atoms with Crippen molar-refractivity contribution in [1.29, 1.82) is 0 Å². The van der Waals surface area contributed by atoms with Crippen molar-refractivity contribution in [1.82, 2.24) is 19.8 Å². The SMILES string of the molecule is Cc1nccn1CC1CCCN1C(=O)NCC1CCOc2ccccc21. The van der Waals surface area contributed by atoms with E-state index in [1.807, 2.05) is 42.4 Å². The number of likely N-dealkylation sites (tertiary alicyclic amines) is 1. The van der Waals surface area contributed by atoms with Crippen LogP contribution < -0.4 is 10.1 Å². The van der Waals surface area contributed by atoms with Crippen LogP contribution in [0.5, 0.6) is 5.75 Å². The van der Waals surface area contributed by atoms with Crippen molar-refractivity contribution in [2.75, 3.05) is 19.7 Å². The Labute approximate surface area is 154 Å². The van der Waals surface area contributed by atoms with E-state index < -0.39 is 0 Å². The van der Waals surface area contributed by atoms with Crippen LogP contribution >= 0.6 is 0 Å². The first kappa shape index (κ1) is 16.9. The highest BCUT2D eigenvalue weighted by molar-refractivity contribution is 5.75. The first-order valence-corrected chi connectivity index (χ1v) is 9.46. The number of benzene rings is 1. The average molecular weight is 354 g/mol. The number of carbonyl (C=O) groups excluding carboxylic acids is 1. The van der Waals surface area contributed by atoms with Gasteiger partial charge >= 0.3 is 6.03 Å². The van der Waals surface area contributed by atoms with Gasteiger partial charge in [-0.1, -0.05) is 18.2 Å². The average Bonchev–Trinajstić information content (AvgIpc) is 3.29. The van der Waals surface area contributed by atoms with Crippen LogP contribution in [0.2, 0.25) is 0 Å². The molecule has 6 heteroatoms. The molecule has 1 fully saturated rings. The summed E-state index contributed by atoms with van der Waals surface area (Å²) in [6.45, 7) is 5.02. The van der Waals surface area contributed by atoms with E-state index in [0.717, 1.165) is 43.9 Å². The first-order valence-electron chi connectivity index (χ1n) is 9.46. The number of fused-ring (bicyclic) bond motifs is 1. The Hall–Kier alpha value is -2.50. The van der Waals surface area contributed by atoms with Gasteiger partial charge in [0, 0.05) is 37.9 Å². The fourth-order valence-electron chi connectivity index (χ4n) is 4.06. The minimum atomic E-state index is 0.0502. The molecule has 26 heavy (non-hydrogen) atoms. The van der Waals surface area contributed by atoms with E-state index in [-0.39, 0.29) is 12.1 Å². The molecule has 1 N–H and O–H groups in total. The van der Waals surface area contributed by atoms with Gasteiger partial charge in [0.05, 0.1) is 12.6 Å². The quantitative estimate of drug-likeness (QED) is 0.918. The number of ether oxygens (including phenoxy) is 1. The van der Waals surface area contributed by atoms with Crippen LogP contribution in [-0.4, -0.2) is 46.2 Å². The van der Waals surface area contributed by atoms with Gasteiger partial charge in [-0.25, -0.2) is 9.78 Å². The normalized spacial score (nSPS) is 22.0. The molecule has 2 unspecified atom stereocenters. The summed E-state index contributed by atoms with van der Waals surface area (Å²) >= 11 is 0. The molecule has 6 nitrogen and oxygen atoms in total. The number of imidazole rings is 1. The van der Waals surface area contributed by atoms with Crippen LogP contribution in [0.1, 0.15) is 36.6 Å². The number of amides is 2. The molecular formula is C20H26N4O2. The largest absolute Gasteiger partial charge is 0.493 e. The number of nitrogens with zero attached hydrogens (tertiary/aromatic N) is 3. The zero-order valence-corrected chi connectivity index (χ0v) is 15.2. The van der Waals surface area contributed by atoms with Crippen molar-refractivity contribution >= 4 is 6.03 Å². The van der Waals surface area contributed by atoms with Gasteiger partial charge in [0.2, 0.25) is 0 Å². The van der Waals surface area contributed by atoms with Gasteiger partial charge in [0.25, 0.3) is 0 Å². The summed E-state index contributed by atoms with van der Waals surface area (Å²) in [4.78, 5) is 19.1. The summed E-state index contributed by atoms with van der Waals surface area (Å²) in [6, 6.07) is 8.43. The third kappa shape index (κ3) is 3.41. The molecule has 1 aromatic carbocycles. The Morgan fingerprint density at radius 2 is 2.23 bits per heavy atom. The summed E-state index contributed by atoms with van der Waals surface area (Å²) < 4.78 is 7.85. The highest BCUT2D eigenvalue weighted by atomic mass is 16.5. The van der Waals surface area contributed by atoms with Crippen LogP contribution in [0, 0.1) is 6.92 Å². The minimum absolute atomic E-state index is 0.0502. The lowest BCUT2D eigenvalue weighted by Crippen LogP contribution is -2.45. The lowest BCUT2D eigenvalue weighted by Gasteiger charge is -2.29. The maximum Gasteiger partial charge on any atom is 0.317 e.